The van der Waals surface area contributed by atoms with Gasteiger partial charge in [0, 0.05) is 18.0 Å². The Balaban J connectivity index is 1.78. The minimum Gasteiger partial charge on any atom is -0.383 e. The molecule has 4 heteroatoms. The number of aromatic amines is 1. The van der Waals surface area contributed by atoms with E-state index in [-0.39, 0.29) is 5.56 Å². The molecule has 0 unspecified atom stereocenters. The molecule has 0 bridgehead atoms. The van der Waals surface area contributed by atoms with Crippen molar-refractivity contribution < 1.29 is 4.52 Å². The molecule has 4 nitrogen and oxygen atoms in total. The maximum atomic E-state index is 11.1. The Morgan fingerprint density at radius 2 is 2.06 bits per heavy atom. The molecule has 2 aromatic rings. The van der Waals surface area contributed by atoms with Crippen LogP contribution in [-0.4, -0.2) is 11.7 Å². The van der Waals surface area contributed by atoms with Crippen LogP contribution >= 0.6 is 0 Å². The highest BCUT2D eigenvalue weighted by Gasteiger charge is 2.26. The van der Waals surface area contributed by atoms with Crippen molar-refractivity contribution in [3.8, 4) is 0 Å². The van der Waals surface area contributed by atoms with E-state index in [4.69, 9.17) is 4.52 Å². The Morgan fingerprint density at radius 3 is 2.78 bits per heavy atom. The summed E-state index contributed by atoms with van der Waals surface area (Å²) in [7, 11) is 0. The predicted octanol–water partition coefficient (Wildman–Crippen LogP) is 2.18. The van der Waals surface area contributed by atoms with Crippen LogP contribution in [0.1, 0.15) is 36.1 Å². The van der Waals surface area contributed by atoms with Gasteiger partial charge in [0.15, 0.2) is 0 Å². The van der Waals surface area contributed by atoms with Crippen LogP contribution in [-0.2, 0) is 0 Å². The normalized spacial score (nSPS) is 24.0. The van der Waals surface area contributed by atoms with Crippen molar-refractivity contribution in [1.29, 1.82) is 0 Å². The van der Waals surface area contributed by atoms with Gasteiger partial charge in [0.2, 0.25) is 0 Å². The largest absolute Gasteiger partial charge is 0.383 e. The number of nitrogens with one attached hydrogen (secondary N) is 2. The van der Waals surface area contributed by atoms with Gasteiger partial charge >= 0.3 is 0 Å². The van der Waals surface area contributed by atoms with Crippen molar-refractivity contribution in [2.45, 2.75) is 24.8 Å². The SMILES string of the molecule is O=c1cc([C@@H]2CCN[C@@H](c3ccccc3)C2)o[nH]1. The average Bonchev–Trinajstić information content (AvgIpc) is 2.87. The van der Waals surface area contributed by atoms with Crippen LogP contribution in [0.5, 0.6) is 0 Å². The minimum absolute atomic E-state index is 0.153. The topological polar surface area (TPSA) is 58.0 Å². The Labute approximate surface area is 105 Å². The smallest absolute Gasteiger partial charge is 0.280 e. The van der Waals surface area contributed by atoms with Gasteiger partial charge in [-0.2, -0.15) is 5.16 Å². The number of piperidine rings is 1. The summed E-state index contributed by atoms with van der Waals surface area (Å²) in [6.07, 6.45) is 1.97. The summed E-state index contributed by atoms with van der Waals surface area (Å²) in [4.78, 5) is 11.1. The molecule has 94 valence electrons. The van der Waals surface area contributed by atoms with Gasteiger partial charge in [0.05, 0.1) is 0 Å². The highest BCUT2D eigenvalue weighted by Crippen LogP contribution is 2.33. The molecule has 1 saturated heterocycles. The first-order chi connectivity index (χ1) is 8.83. The van der Waals surface area contributed by atoms with Gasteiger partial charge in [-0.3, -0.25) is 4.79 Å². The monoisotopic (exact) mass is 244 g/mol. The summed E-state index contributed by atoms with van der Waals surface area (Å²) >= 11 is 0. The third-order valence-electron chi connectivity index (χ3n) is 3.55. The standard InChI is InChI=1S/C14H16N2O2/c17-14-9-13(18-16-14)11-6-7-15-12(8-11)10-4-2-1-3-5-10/h1-5,9,11-12,15H,6-8H2,(H,16,17)/t11-,12-/m1/s1. The maximum absolute atomic E-state index is 11.1. The number of benzene rings is 1. The molecule has 3 rings (SSSR count). The van der Waals surface area contributed by atoms with Crippen LogP contribution in [0, 0.1) is 0 Å². The number of aromatic nitrogens is 1. The van der Waals surface area contributed by atoms with Crippen molar-refractivity contribution in [2.75, 3.05) is 6.54 Å². The van der Waals surface area contributed by atoms with E-state index >= 15 is 0 Å². The number of hydrogen-bond donors (Lipinski definition) is 2. The van der Waals surface area contributed by atoms with Crippen LogP contribution < -0.4 is 10.9 Å². The van der Waals surface area contributed by atoms with Crippen LogP contribution in [0.4, 0.5) is 0 Å². The molecule has 18 heavy (non-hydrogen) atoms. The van der Waals surface area contributed by atoms with Crippen LogP contribution in [0.3, 0.4) is 0 Å². The zero-order valence-electron chi connectivity index (χ0n) is 10.1. The lowest BCUT2D eigenvalue weighted by molar-refractivity contribution is 0.295. The molecule has 0 saturated carbocycles. The van der Waals surface area contributed by atoms with Gasteiger partial charge < -0.3 is 9.84 Å². The van der Waals surface area contributed by atoms with E-state index in [1.54, 1.807) is 6.07 Å². The molecule has 2 atom stereocenters. The minimum atomic E-state index is -0.153. The number of rotatable bonds is 2. The fourth-order valence-electron chi connectivity index (χ4n) is 2.61. The molecule has 1 fully saturated rings. The second-order valence-electron chi connectivity index (χ2n) is 4.75. The second kappa shape index (κ2) is 4.82. The molecule has 1 aromatic heterocycles. The molecule has 1 aliphatic heterocycles. The second-order valence-corrected chi connectivity index (χ2v) is 4.75. The number of H-pyrrole nitrogens is 1. The summed E-state index contributed by atoms with van der Waals surface area (Å²) in [5.41, 5.74) is 1.14. The van der Waals surface area contributed by atoms with Crippen LogP contribution in [0.25, 0.3) is 0 Å². The van der Waals surface area contributed by atoms with E-state index in [0.29, 0.717) is 12.0 Å². The van der Waals surface area contributed by atoms with Crippen molar-refractivity contribution in [2.24, 2.45) is 0 Å². The third kappa shape index (κ3) is 2.24. The van der Waals surface area contributed by atoms with Crippen molar-refractivity contribution in [1.82, 2.24) is 10.5 Å². The Hall–Kier alpha value is -1.81. The summed E-state index contributed by atoms with van der Waals surface area (Å²) in [5.74, 6) is 1.10. The maximum Gasteiger partial charge on any atom is 0.280 e. The van der Waals surface area contributed by atoms with Gasteiger partial charge in [0.25, 0.3) is 5.56 Å². The van der Waals surface area contributed by atoms with Crippen LogP contribution in [0.2, 0.25) is 0 Å². The molecule has 2 N–H and O–H groups in total. The Morgan fingerprint density at radius 1 is 1.22 bits per heavy atom. The van der Waals surface area contributed by atoms with Gasteiger partial charge in [-0.05, 0) is 24.9 Å². The lowest BCUT2D eigenvalue weighted by atomic mass is 9.87. The van der Waals surface area contributed by atoms with Crippen molar-refractivity contribution in [3.05, 3.63) is 58.1 Å². The summed E-state index contributed by atoms with van der Waals surface area (Å²) < 4.78 is 5.22. The molecule has 0 spiro atoms. The average molecular weight is 244 g/mol. The van der Waals surface area contributed by atoms with Gasteiger partial charge in [-0.15, -0.1) is 0 Å². The highest BCUT2D eigenvalue weighted by molar-refractivity contribution is 5.20. The molecular formula is C14H16N2O2. The molecular weight excluding hydrogens is 228 g/mol. The first-order valence-corrected chi connectivity index (χ1v) is 6.29. The summed E-state index contributed by atoms with van der Waals surface area (Å²) in [6, 6.07) is 12.3. The number of hydrogen-bond acceptors (Lipinski definition) is 3. The first kappa shape index (κ1) is 11.3. The molecule has 0 radical (unpaired) electrons. The van der Waals surface area contributed by atoms with Crippen LogP contribution in [0.15, 0.2) is 45.7 Å². The van der Waals surface area contributed by atoms with E-state index in [9.17, 15) is 4.79 Å². The first-order valence-electron chi connectivity index (χ1n) is 6.29. The fourth-order valence-corrected chi connectivity index (χ4v) is 2.61. The third-order valence-corrected chi connectivity index (χ3v) is 3.55. The Kier molecular flexibility index (Phi) is 3.02. The van der Waals surface area contributed by atoms with E-state index in [1.807, 2.05) is 6.07 Å². The zero-order valence-corrected chi connectivity index (χ0v) is 10.1. The molecule has 1 aromatic carbocycles. The molecule has 2 heterocycles. The van der Waals surface area contributed by atoms with E-state index < -0.39 is 0 Å². The van der Waals surface area contributed by atoms with E-state index in [0.717, 1.165) is 25.1 Å². The van der Waals surface area contributed by atoms with Crippen molar-refractivity contribution >= 4 is 0 Å². The lowest BCUT2D eigenvalue weighted by Gasteiger charge is -2.29. The summed E-state index contributed by atoms with van der Waals surface area (Å²) in [5, 5.41) is 5.88. The quantitative estimate of drug-likeness (QED) is 0.851. The van der Waals surface area contributed by atoms with Gasteiger partial charge in [0.1, 0.15) is 5.76 Å². The van der Waals surface area contributed by atoms with E-state index in [1.165, 1.54) is 5.56 Å². The van der Waals surface area contributed by atoms with Gasteiger partial charge in [-0.25, -0.2) is 0 Å². The summed E-state index contributed by atoms with van der Waals surface area (Å²) in [6.45, 7) is 0.944. The molecule has 1 aliphatic rings. The van der Waals surface area contributed by atoms with E-state index in [2.05, 4.69) is 34.7 Å². The van der Waals surface area contributed by atoms with Crippen molar-refractivity contribution in [3.63, 3.8) is 0 Å². The predicted molar refractivity (Wildman–Crippen MR) is 68.5 cm³/mol. The lowest BCUT2D eigenvalue weighted by Crippen LogP contribution is -2.30. The Bertz CT molecular complexity index is 558. The zero-order chi connectivity index (χ0) is 12.4. The molecule has 0 amide bonds. The fraction of sp³-hybridized carbons (Fsp3) is 0.357. The highest BCUT2D eigenvalue weighted by atomic mass is 16.5. The van der Waals surface area contributed by atoms with Gasteiger partial charge in [-0.1, -0.05) is 30.3 Å². The molecule has 0 aliphatic carbocycles.